The third-order valence-electron chi connectivity index (χ3n) is 9.64. The van der Waals surface area contributed by atoms with Crippen molar-refractivity contribution in [1.82, 2.24) is 0 Å². The second-order valence-corrected chi connectivity index (χ2v) is 11.2. The molecule has 8 aliphatic rings. The molecule has 0 spiro atoms. The summed E-state index contributed by atoms with van der Waals surface area (Å²) in [5, 5.41) is 10.5. The summed E-state index contributed by atoms with van der Waals surface area (Å²) in [6, 6.07) is 0. The Labute approximate surface area is 169 Å². The molecule has 6 nitrogen and oxygen atoms in total. The van der Waals surface area contributed by atoms with Gasteiger partial charge < -0.3 is 19.6 Å². The molecule has 0 aliphatic carbocycles. The lowest BCUT2D eigenvalue weighted by Gasteiger charge is -2.46. The zero-order chi connectivity index (χ0) is 18.9. The van der Waals surface area contributed by atoms with Crippen LogP contribution in [-0.2, 0) is 0 Å². The smallest absolute Gasteiger partial charge is 0.127 e. The molecule has 0 aromatic heterocycles. The van der Waals surface area contributed by atoms with E-state index in [9.17, 15) is 0 Å². The summed E-state index contributed by atoms with van der Waals surface area (Å²) in [6.45, 7) is 20.8. The van der Waals surface area contributed by atoms with Crippen molar-refractivity contribution >= 4 is 11.4 Å². The van der Waals surface area contributed by atoms with E-state index in [1.807, 2.05) is 19.6 Å². The Kier molecular flexibility index (Phi) is 4.07. The summed E-state index contributed by atoms with van der Waals surface area (Å²) in [7, 11) is 0. The minimum atomic E-state index is 0.331. The first-order valence-corrected chi connectivity index (χ1v) is 12.1. The number of hydrogen-bond donors (Lipinski definition) is 4. The highest BCUT2D eigenvalue weighted by atomic mass is 15.3. The highest BCUT2D eigenvalue weighted by Crippen LogP contribution is 2.33. The fourth-order valence-corrected chi connectivity index (χ4v) is 8.30. The molecule has 0 saturated carbocycles. The molecule has 0 aromatic rings. The summed E-state index contributed by atoms with van der Waals surface area (Å²) in [5.74, 6) is 1.36. The van der Waals surface area contributed by atoms with Crippen LogP contribution in [0.1, 0.15) is 26.7 Å². The molecule has 8 saturated heterocycles. The summed E-state index contributed by atoms with van der Waals surface area (Å²) in [5.41, 5.74) is 3.68. The van der Waals surface area contributed by atoms with E-state index >= 15 is 0 Å². The molecule has 154 valence electrons. The Morgan fingerprint density at radius 1 is 0.643 bits per heavy atom. The molecule has 6 heteroatoms. The van der Waals surface area contributed by atoms with Gasteiger partial charge in [0.15, 0.2) is 0 Å². The van der Waals surface area contributed by atoms with Crippen LogP contribution in [-0.4, -0.2) is 90.0 Å². The standard InChI is InChI=1S/C22H36N6/c1-3-21-13-25-5-6-26(14-21)10-17(9-25)19(21)23-24-20-18-11-27-7-8-28(12-18)16-22(20,4-2)15-27/h17-18H,3-16H2,1-2H3/p+4/b23-19-,24-20-. The molecule has 8 bridgehead atoms. The van der Waals surface area contributed by atoms with Gasteiger partial charge in [0.1, 0.15) is 37.0 Å². The fraction of sp³-hybridized carbons (Fsp3) is 0.909. The minimum absolute atomic E-state index is 0.331. The van der Waals surface area contributed by atoms with Gasteiger partial charge in [-0.1, -0.05) is 13.8 Å². The maximum absolute atomic E-state index is 5.24. The maximum Gasteiger partial charge on any atom is 0.127 e. The molecule has 4 N–H and O–H groups in total. The first kappa shape index (κ1) is 18.0. The fourth-order valence-electron chi connectivity index (χ4n) is 8.30. The second-order valence-electron chi connectivity index (χ2n) is 11.2. The van der Waals surface area contributed by atoms with Gasteiger partial charge in [0.05, 0.1) is 75.6 Å². The molecule has 28 heavy (non-hydrogen) atoms. The van der Waals surface area contributed by atoms with Crippen LogP contribution in [0.5, 0.6) is 0 Å². The summed E-state index contributed by atoms with van der Waals surface area (Å²) >= 11 is 0. The molecule has 8 fully saturated rings. The molecule has 0 amide bonds. The Balaban J connectivity index is 1.39. The van der Waals surface area contributed by atoms with E-state index < -0.39 is 0 Å². The highest BCUT2D eigenvalue weighted by Gasteiger charge is 2.58. The molecule has 0 aromatic carbocycles. The topological polar surface area (TPSA) is 42.5 Å². The van der Waals surface area contributed by atoms with E-state index in [-0.39, 0.29) is 0 Å². The first-order chi connectivity index (χ1) is 13.6. The van der Waals surface area contributed by atoms with Gasteiger partial charge in [0.25, 0.3) is 0 Å². The largest absolute Gasteiger partial charge is 0.329 e. The van der Waals surface area contributed by atoms with E-state index in [2.05, 4.69) is 13.8 Å². The van der Waals surface area contributed by atoms with E-state index in [1.54, 1.807) is 0 Å². The molecule has 0 radical (unpaired) electrons. The summed E-state index contributed by atoms with van der Waals surface area (Å²) in [6.07, 6.45) is 2.50. The lowest BCUT2D eigenvalue weighted by Crippen LogP contribution is -3.17. The van der Waals surface area contributed by atoms with Gasteiger partial charge in [0, 0.05) is 0 Å². The van der Waals surface area contributed by atoms with Crippen LogP contribution < -0.4 is 19.6 Å². The van der Waals surface area contributed by atoms with Crippen LogP contribution in [0.2, 0.25) is 0 Å². The molecule has 8 aliphatic heterocycles. The van der Waals surface area contributed by atoms with Gasteiger partial charge in [-0.25, -0.2) is 0 Å². The van der Waals surface area contributed by atoms with Crippen LogP contribution in [0, 0.1) is 22.7 Å². The third kappa shape index (κ3) is 2.54. The van der Waals surface area contributed by atoms with Crippen LogP contribution in [0.15, 0.2) is 10.2 Å². The molecule has 4 atom stereocenters. The molecular weight excluding hydrogens is 348 g/mol. The highest BCUT2D eigenvalue weighted by molar-refractivity contribution is 5.97. The first-order valence-electron chi connectivity index (χ1n) is 12.1. The lowest BCUT2D eigenvalue weighted by atomic mass is 9.68. The second kappa shape index (κ2) is 6.34. The summed E-state index contributed by atoms with van der Waals surface area (Å²) in [4.78, 5) is 7.37. The minimum Gasteiger partial charge on any atom is -0.329 e. The van der Waals surface area contributed by atoms with Gasteiger partial charge in [-0.05, 0) is 12.8 Å². The normalized spacial score (nSPS) is 54.5. The lowest BCUT2D eigenvalue weighted by molar-refractivity contribution is -0.918. The number of nitrogens with zero attached hydrogens (tertiary/aromatic N) is 2. The third-order valence-corrected chi connectivity index (χ3v) is 9.64. The van der Waals surface area contributed by atoms with Crippen molar-refractivity contribution in [3.8, 4) is 0 Å². The van der Waals surface area contributed by atoms with Gasteiger partial charge >= 0.3 is 0 Å². The Morgan fingerprint density at radius 3 is 1.25 bits per heavy atom. The van der Waals surface area contributed by atoms with Crippen molar-refractivity contribution in [2.75, 3.05) is 78.5 Å². The van der Waals surface area contributed by atoms with Crippen molar-refractivity contribution in [3.05, 3.63) is 0 Å². The number of quaternary nitrogens is 4. The molecule has 8 rings (SSSR count). The van der Waals surface area contributed by atoms with Gasteiger partial charge in [-0.2, -0.15) is 10.2 Å². The van der Waals surface area contributed by atoms with Crippen LogP contribution >= 0.6 is 0 Å². The molecule has 8 heterocycles. The quantitative estimate of drug-likeness (QED) is 0.352. The van der Waals surface area contributed by atoms with Crippen LogP contribution in [0.3, 0.4) is 0 Å². The van der Waals surface area contributed by atoms with Crippen LogP contribution in [0.25, 0.3) is 0 Å². The van der Waals surface area contributed by atoms with Crippen molar-refractivity contribution in [2.45, 2.75) is 26.7 Å². The van der Waals surface area contributed by atoms with E-state index in [0.29, 0.717) is 22.7 Å². The SMILES string of the molecule is CCC12C[NH+]3CC[NH+](CC(C3)/C1=N/N=C1/C3C[NH+]4CC[NH+](C3)CC1(CC)C4)C2. The van der Waals surface area contributed by atoms with Crippen LogP contribution in [0.4, 0.5) is 0 Å². The molecule has 4 unspecified atom stereocenters. The number of nitrogens with one attached hydrogen (secondary N) is 4. The Morgan fingerprint density at radius 2 is 0.964 bits per heavy atom. The van der Waals surface area contributed by atoms with Crippen molar-refractivity contribution < 1.29 is 19.6 Å². The zero-order valence-electron chi connectivity index (χ0n) is 17.9. The Bertz CT molecular complexity index is 622. The average Bonchev–Trinajstić information content (AvgIpc) is 3.07. The van der Waals surface area contributed by atoms with E-state index in [4.69, 9.17) is 10.2 Å². The number of piperidine rings is 4. The zero-order valence-corrected chi connectivity index (χ0v) is 17.9. The van der Waals surface area contributed by atoms with Gasteiger partial charge in [-0.3, -0.25) is 0 Å². The van der Waals surface area contributed by atoms with Gasteiger partial charge in [0.2, 0.25) is 0 Å². The molecular formula is C22H40N6+4. The Hall–Kier alpha value is -0.820. The van der Waals surface area contributed by atoms with Crippen molar-refractivity contribution in [1.29, 1.82) is 0 Å². The van der Waals surface area contributed by atoms with E-state index in [1.165, 1.54) is 103 Å². The number of fused-ring (bicyclic) bond motifs is 2. The monoisotopic (exact) mass is 388 g/mol. The van der Waals surface area contributed by atoms with Crippen molar-refractivity contribution in [2.24, 2.45) is 32.9 Å². The van der Waals surface area contributed by atoms with Gasteiger partial charge in [-0.15, -0.1) is 0 Å². The predicted molar refractivity (Wildman–Crippen MR) is 110 cm³/mol. The van der Waals surface area contributed by atoms with E-state index in [0.717, 1.165) is 0 Å². The average molecular weight is 389 g/mol. The number of rotatable bonds is 3. The summed E-state index contributed by atoms with van der Waals surface area (Å²) < 4.78 is 0. The maximum atomic E-state index is 5.24. The predicted octanol–water partition coefficient (Wildman–Crippen LogP) is -4.57. The van der Waals surface area contributed by atoms with Crippen molar-refractivity contribution in [3.63, 3.8) is 0 Å². The number of hydrogen-bond acceptors (Lipinski definition) is 2.